The molecule has 4 heteroatoms. The van der Waals surface area contributed by atoms with Gasteiger partial charge in [0.1, 0.15) is 0 Å². The Balaban J connectivity index is 1.46. The first-order chi connectivity index (χ1) is 28.1. The maximum Gasteiger partial charge on any atom is 0.0774 e. The summed E-state index contributed by atoms with van der Waals surface area (Å²) < 4.78 is 0. The number of H-pyrrole nitrogens is 3. The second-order valence-corrected chi connectivity index (χ2v) is 16.5. The zero-order valence-electron chi connectivity index (χ0n) is 34.8. The number of aromatic amines is 3. The van der Waals surface area contributed by atoms with E-state index in [9.17, 15) is 0 Å². The van der Waals surface area contributed by atoms with Gasteiger partial charge >= 0.3 is 0 Å². The van der Waals surface area contributed by atoms with Crippen molar-refractivity contribution in [1.82, 2.24) is 15.0 Å². The molecule has 7 aromatic rings. The molecule has 0 fully saturated rings. The Morgan fingerprint density at radius 2 is 1.02 bits per heavy atom. The highest BCUT2D eigenvalue weighted by atomic mass is 14.9. The third-order valence-electron chi connectivity index (χ3n) is 12.4. The fourth-order valence-electron chi connectivity index (χ4n) is 9.22. The van der Waals surface area contributed by atoms with Gasteiger partial charge in [-0.15, -0.1) is 0 Å². The smallest absolute Gasteiger partial charge is 0.0774 e. The number of aromatic nitrogens is 3. The maximum absolute atomic E-state index is 5.74. The second-order valence-electron chi connectivity index (χ2n) is 16.5. The number of aryl methyl sites for hydroxylation is 6. The Labute approximate surface area is 342 Å². The van der Waals surface area contributed by atoms with Crippen LogP contribution in [0.4, 0.5) is 0 Å². The molecule has 5 heterocycles. The third-order valence-corrected chi connectivity index (χ3v) is 12.4. The molecule has 3 aromatic heterocycles. The molecule has 1 atom stereocenters. The lowest BCUT2D eigenvalue weighted by atomic mass is 9.70. The molecule has 0 amide bonds. The van der Waals surface area contributed by atoms with Crippen molar-refractivity contribution in [2.24, 2.45) is 4.99 Å². The van der Waals surface area contributed by atoms with E-state index in [2.05, 4.69) is 197 Å². The maximum atomic E-state index is 5.74. The first-order valence-corrected chi connectivity index (χ1v) is 20.8. The van der Waals surface area contributed by atoms with E-state index in [1.54, 1.807) is 0 Å². The molecule has 4 aromatic carbocycles. The highest BCUT2D eigenvalue weighted by molar-refractivity contribution is 6.10. The first-order valence-electron chi connectivity index (χ1n) is 20.8. The van der Waals surface area contributed by atoms with Crippen LogP contribution in [0.5, 0.6) is 0 Å². The van der Waals surface area contributed by atoms with Crippen LogP contribution in [0.1, 0.15) is 105 Å². The van der Waals surface area contributed by atoms with Crippen molar-refractivity contribution in [3.63, 3.8) is 0 Å². The lowest BCUT2D eigenvalue weighted by Gasteiger charge is -2.34. The van der Waals surface area contributed by atoms with E-state index < -0.39 is 5.41 Å². The molecule has 8 bridgehead atoms. The van der Waals surface area contributed by atoms with E-state index in [1.807, 2.05) is 0 Å². The van der Waals surface area contributed by atoms with Crippen molar-refractivity contribution in [3.8, 4) is 0 Å². The molecule has 3 N–H and O–H groups in total. The number of unbranched alkanes of at least 4 members (excludes halogenated alkanes) is 1. The lowest BCUT2D eigenvalue weighted by Crippen LogP contribution is -2.36. The van der Waals surface area contributed by atoms with Crippen LogP contribution in [0.25, 0.3) is 16.7 Å². The minimum atomic E-state index is -0.518. The Kier molecular flexibility index (Phi) is 9.52. The summed E-state index contributed by atoms with van der Waals surface area (Å²) in [5, 5.41) is 2.12. The summed E-state index contributed by atoms with van der Waals surface area (Å²) in [6, 6.07) is 44.9. The van der Waals surface area contributed by atoms with E-state index in [0.717, 1.165) is 80.9 Å². The van der Waals surface area contributed by atoms with Gasteiger partial charge in [-0.2, -0.15) is 0 Å². The lowest BCUT2D eigenvalue weighted by molar-refractivity contribution is 0.564. The van der Waals surface area contributed by atoms with Gasteiger partial charge in [-0.3, -0.25) is 4.99 Å². The predicted molar refractivity (Wildman–Crippen MR) is 242 cm³/mol. The molecule has 1 unspecified atom stereocenters. The van der Waals surface area contributed by atoms with Gasteiger partial charge in [0.15, 0.2) is 0 Å². The SMILES string of the molecule is CCCCC1(c2ccccc2)C2=N/C(=C(/c3cc(C)ccc3C)c3ccc([nH]3)/C(c3cc(C)ccc3C)=c3/cc/c([nH]3)=C(\c3cc(C)ccc3C)c3ccc1[nH]3)C=C2. The average molecular weight is 757 g/mol. The number of rotatable bonds is 7. The number of nitrogens with one attached hydrogen (secondary N) is 3. The van der Waals surface area contributed by atoms with Crippen LogP contribution in [0.2, 0.25) is 0 Å². The van der Waals surface area contributed by atoms with Crippen LogP contribution in [-0.2, 0) is 5.41 Å². The van der Waals surface area contributed by atoms with Gasteiger partial charge in [0.05, 0.1) is 16.8 Å². The van der Waals surface area contributed by atoms with Gasteiger partial charge in [0.2, 0.25) is 0 Å². The van der Waals surface area contributed by atoms with E-state index in [4.69, 9.17) is 4.99 Å². The van der Waals surface area contributed by atoms with E-state index >= 15 is 0 Å². The molecule has 0 spiro atoms. The number of allylic oxidation sites excluding steroid dienone is 2. The van der Waals surface area contributed by atoms with Gasteiger partial charge in [-0.25, -0.2) is 0 Å². The average Bonchev–Trinajstić information content (AvgIpc) is 4.07. The van der Waals surface area contributed by atoms with Crippen LogP contribution in [-0.4, -0.2) is 20.7 Å². The minimum Gasteiger partial charge on any atom is -0.357 e. The van der Waals surface area contributed by atoms with Crippen molar-refractivity contribution in [2.45, 2.75) is 73.1 Å². The normalized spacial score (nSPS) is 19.5. The Hall–Kier alpha value is -6.39. The summed E-state index contributed by atoms with van der Waals surface area (Å²) >= 11 is 0. The van der Waals surface area contributed by atoms with E-state index in [1.165, 1.54) is 55.6 Å². The standard InChI is InChI=1S/C54H52N4/c1-8-9-29-54(39-13-11-10-12-14-39)49-27-25-47(57-49)52(41-31-34(3)16-19-37(41)6)45-23-21-43(55-45)51(40-30-33(2)15-18-36(40)5)44-22-24-46(56-44)53(48-26-28-50(54)58-48)42-32-35(4)17-20-38(42)7/h10-28,30-32,55-57H,8-9,29H2,1-7H3/b51-43-,52-45-,53-48-. The second kappa shape index (κ2) is 14.8. The van der Waals surface area contributed by atoms with Gasteiger partial charge in [-0.05, 0) is 135 Å². The number of fused-ring (bicyclic) bond motifs is 7. The minimum absolute atomic E-state index is 0.518. The monoisotopic (exact) mass is 756 g/mol. The number of hydrogen-bond acceptors (Lipinski definition) is 1. The fourth-order valence-corrected chi connectivity index (χ4v) is 9.22. The molecule has 9 rings (SSSR count). The van der Waals surface area contributed by atoms with Gasteiger partial charge in [0, 0.05) is 50.2 Å². The van der Waals surface area contributed by atoms with Crippen LogP contribution in [0, 0.1) is 41.5 Å². The molecular formula is C54H52N4. The summed E-state index contributed by atoms with van der Waals surface area (Å²) in [4.78, 5) is 17.8. The molecule has 0 saturated heterocycles. The summed E-state index contributed by atoms with van der Waals surface area (Å²) in [6.07, 6.45) is 7.56. The van der Waals surface area contributed by atoms with Crippen molar-refractivity contribution in [2.75, 3.05) is 0 Å². The van der Waals surface area contributed by atoms with Crippen molar-refractivity contribution >= 4 is 22.4 Å². The van der Waals surface area contributed by atoms with E-state index in [0.29, 0.717) is 0 Å². The molecule has 2 aliphatic heterocycles. The fraction of sp³-hybridized carbons (Fsp3) is 0.204. The van der Waals surface area contributed by atoms with E-state index in [-0.39, 0.29) is 0 Å². The van der Waals surface area contributed by atoms with Crippen molar-refractivity contribution < 1.29 is 0 Å². The number of hydrogen-bond donors (Lipinski definition) is 3. The van der Waals surface area contributed by atoms with Gasteiger partial charge in [-0.1, -0.05) is 121 Å². The molecule has 4 nitrogen and oxygen atoms in total. The van der Waals surface area contributed by atoms with Crippen LogP contribution < -0.4 is 10.7 Å². The first kappa shape index (κ1) is 37.2. The van der Waals surface area contributed by atoms with Crippen LogP contribution in [0.15, 0.2) is 144 Å². The highest BCUT2D eigenvalue weighted by Crippen LogP contribution is 2.43. The number of nitrogens with zero attached hydrogens (tertiary/aromatic N) is 1. The van der Waals surface area contributed by atoms with Gasteiger partial charge < -0.3 is 15.0 Å². The van der Waals surface area contributed by atoms with Crippen molar-refractivity contribution in [1.29, 1.82) is 0 Å². The Morgan fingerprint density at radius 1 is 0.500 bits per heavy atom. The topological polar surface area (TPSA) is 59.7 Å². The molecular weight excluding hydrogens is 705 g/mol. The summed E-state index contributed by atoms with van der Waals surface area (Å²) in [7, 11) is 0. The molecule has 0 saturated carbocycles. The number of aliphatic imine (C=N–C) groups is 1. The largest absolute Gasteiger partial charge is 0.357 e. The third kappa shape index (κ3) is 6.37. The Bertz CT molecular complexity index is 2940. The molecule has 0 radical (unpaired) electrons. The molecule has 288 valence electrons. The molecule has 0 aliphatic carbocycles. The van der Waals surface area contributed by atoms with Gasteiger partial charge in [0.25, 0.3) is 0 Å². The van der Waals surface area contributed by atoms with Crippen LogP contribution >= 0.6 is 0 Å². The molecule has 2 aliphatic rings. The summed E-state index contributed by atoms with van der Waals surface area (Å²) in [6.45, 7) is 15.5. The molecule has 58 heavy (non-hydrogen) atoms. The highest BCUT2D eigenvalue weighted by Gasteiger charge is 2.41. The van der Waals surface area contributed by atoms with Crippen LogP contribution in [0.3, 0.4) is 0 Å². The van der Waals surface area contributed by atoms with Crippen molar-refractivity contribution in [3.05, 3.63) is 228 Å². The number of benzene rings is 4. The zero-order chi connectivity index (χ0) is 40.1. The summed E-state index contributed by atoms with van der Waals surface area (Å²) in [5.74, 6) is 0. The zero-order valence-corrected chi connectivity index (χ0v) is 34.8. The summed E-state index contributed by atoms with van der Waals surface area (Å²) in [5.41, 5.74) is 21.4. The predicted octanol–water partition coefficient (Wildman–Crippen LogP) is 11.3. The Morgan fingerprint density at radius 3 is 1.59 bits per heavy atom. The quantitative estimate of drug-likeness (QED) is 0.145.